The van der Waals surface area contributed by atoms with Gasteiger partial charge in [-0.25, -0.2) is 8.42 Å². The molecule has 0 saturated heterocycles. The number of nitrogens with two attached hydrogens (primary N) is 1. The van der Waals surface area contributed by atoms with Crippen molar-refractivity contribution >= 4 is 33.2 Å². The highest BCUT2D eigenvalue weighted by molar-refractivity contribution is 7.89. The van der Waals surface area contributed by atoms with Gasteiger partial charge in [0, 0.05) is 0 Å². The topological polar surface area (TPSA) is 72.2 Å². The molecule has 7 heteroatoms. The number of benzene rings is 1. The number of hydrazine groups is 1. The summed E-state index contributed by atoms with van der Waals surface area (Å²) in [7, 11) is -3.74. The van der Waals surface area contributed by atoms with E-state index in [-0.39, 0.29) is 14.9 Å². The van der Waals surface area contributed by atoms with E-state index in [2.05, 4.69) is 0 Å². The number of hydrogen-bond acceptors (Lipinski definition) is 3. The minimum atomic E-state index is -3.74. The summed E-state index contributed by atoms with van der Waals surface area (Å²) in [6, 6.07) is 4.27. The molecule has 0 aliphatic heterocycles. The van der Waals surface area contributed by atoms with Gasteiger partial charge in [-0.2, -0.15) is 4.83 Å². The molecule has 0 unspecified atom stereocenters. The van der Waals surface area contributed by atoms with Crippen molar-refractivity contribution in [1.82, 2.24) is 4.83 Å². The molecule has 0 aliphatic carbocycles. The Kier molecular flexibility index (Phi) is 3.15. The molecule has 72 valence electrons. The first-order valence-electron chi connectivity index (χ1n) is 3.15. The smallest absolute Gasteiger partial charge is 0.254 e. The fraction of sp³-hybridized carbons (Fsp3) is 0. The van der Waals surface area contributed by atoms with Crippen LogP contribution in [0.4, 0.5) is 0 Å². The lowest BCUT2D eigenvalue weighted by molar-refractivity contribution is 0.584. The van der Waals surface area contributed by atoms with Crippen LogP contribution in [0.25, 0.3) is 0 Å². The largest absolute Gasteiger partial charge is 0.257 e. The molecular formula is C6H6Cl2N2O2S. The molecule has 1 rings (SSSR count). The van der Waals surface area contributed by atoms with Crippen LogP contribution in [0, 0.1) is 0 Å². The summed E-state index contributed by atoms with van der Waals surface area (Å²) in [4.78, 5) is 1.52. The standard InChI is InChI=1S/C6H6Cl2N2O2S/c7-4-2-1-3-5(6(4)8)13(11,12)10-9/h1-3,10H,9H2. The van der Waals surface area contributed by atoms with Crippen molar-refractivity contribution in [1.29, 1.82) is 0 Å². The van der Waals surface area contributed by atoms with Crippen LogP contribution in [0.2, 0.25) is 10.0 Å². The molecule has 13 heavy (non-hydrogen) atoms. The highest BCUT2D eigenvalue weighted by atomic mass is 35.5. The van der Waals surface area contributed by atoms with Crippen LogP contribution in [-0.4, -0.2) is 8.42 Å². The highest BCUT2D eigenvalue weighted by Gasteiger charge is 2.17. The molecule has 0 aromatic heterocycles. The fourth-order valence-corrected chi connectivity index (χ4v) is 2.15. The molecule has 1 aromatic carbocycles. The van der Waals surface area contributed by atoms with E-state index in [9.17, 15) is 8.42 Å². The van der Waals surface area contributed by atoms with Gasteiger partial charge in [0.15, 0.2) is 0 Å². The second-order valence-electron chi connectivity index (χ2n) is 2.17. The molecule has 0 amide bonds. The van der Waals surface area contributed by atoms with Crippen LogP contribution in [-0.2, 0) is 10.0 Å². The van der Waals surface area contributed by atoms with E-state index in [1.807, 2.05) is 0 Å². The number of hydrogen-bond donors (Lipinski definition) is 2. The van der Waals surface area contributed by atoms with Gasteiger partial charge in [0.2, 0.25) is 0 Å². The Morgan fingerprint density at radius 2 is 1.92 bits per heavy atom. The maximum Gasteiger partial charge on any atom is 0.254 e. The van der Waals surface area contributed by atoms with Crippen LogP contribution in [0.1, 0.15) is 0 Å². The number of sulfonamides is 1. The van der Waals surface area contributed by atoms with E-state index < -0.39 is 10.0 Å². The van der Waals surface area contributed by atoms with Crippen LogP contribution >= 0.6 is 23.2 Å². The molecule has 3 N–H and O–H groups in total. The van der Waals surface area contributed by atoms with Crippen molar-refractivity contribution in [2.45, 2.75) is 4.90 Å². The zero-order valence-electron chi connectivity index (χ0n) is 6.29. The number of halogens is 2. The van der Waals surface area contributed by atoms with E-state index in [4.69, 9.17) is 29.0 Å². The summed E-state index contributed by atoms with van der Waals surface area (Å²) in [5.41, 5.74) is 0. The second kappa shape index (κ2) is 3.81. The third-order valence-corrected chi connectivity index (χ3v) is 3.52. The van der Waals surface area contributed by atoms with Crippen molar-refractivity contribution in [3.8, 4) is 0 Å². The Morgan fingerprint density at radius 1 is 1.31 bits per heavy atom. The molecule has 0 atom stereocenters. The monoisotopic (exact) mass is 240 g/mol. The summed E-state index contributed by atoms with van der Waals surface area (Å²) in [5, 5.41) is 0.125. The normalized spacial score (nSPS) is 11.6. The first-order chi connectivity index (χ1) is 5.99. The van der Waals surface area contributed by atoms with Gasteiger partial charge in [0.05, 0.1) is 10.0 Å². The van der Waals surface area contributed by atoms with E-state index >= 15 is 0 Å². The number of rotatable bonds is 2. The fourth-order valence-electron chi connectivity index (χ4n) is 0.755. The van der Waals surface area contributed by atoms with Crippen molar-refractivity contribution in [3.63, 3.8) is 0 Å². The molecule has 0 aliphatic rings. The van der Waals surface area contributed by atoms with Gasteiger partial charge in [0.25, 0.3) is 10.0 Å². The van der Waals surface area contributed by atoms with Gasteiger partial charge in [-0.1, -0.05) is 29.3 Å². The predicted octanol–water partition coefficient (Wildman–Crippen LogP) is 1.15. The van der Waals surface area contributed by atoms with Crippen molar-refractivity contribution in [3.05, 3.63) is 28.2 Å². The lowest BCUT2D eigenvalue weighted by Gasteiger charge is -2.04. The zero-order chi connectivity index (χ0) is 10.1. The lowest BCUT2D eigenvalue weighted by Crippen LogP contribution is -2.30. The maximum absolute atomic E-state index is 11.2. The van der Waals surface area contributed by atoms with E-state index in [1.54, 1.807) is 4.83 Å². The van der Waals surface area contributed by atoms with Gasteiger partial charge in [-0.15, -0.1) is 0 Å². The SMILES string of the molecule is NNS(=O)(=O)c1cccc(Cl)c1Cl. The van der Waals surface area contributed by atoms with E-state index in [0.29, 0.717) is 0 Å². The first kappa shape index (κ1) is 10.7. The Morgan fingerprint density at radius 3 is 2.46 bits per heavy atom. The summed E-state index contributed by atoms with van der Waals surface area (Å²) in [6.07, 6.45) is 0. The minimum absolute atomic E-state index is 0.0397. The third-order valence-electron chi connectivity index (χ3n) is 1.36. The first-order valence-corrected chi connectivity index (χ1v) is 5.39. The Bertz CT molecular complexity index is 419. The average Bonchev–Trinajstić information content (AvgIpc) is 2.09. The van der Waals surface area contributed by atoms with Crippen molar-refractivity contribution < 1.29 is 8.42 Å². The molecule has 0 saturated carbocycles. The Hall–Kier alpha value is -0.330. The summed E-state index contributed by atoms with van der Waals surface area (Å²) >= 11 is 11.3. The average molecular weight is 241 g/mol. The van der Waals surface area contributed by atoms with Crippen LogP contribution < -0.4 is 10.7 Å². The zero-order valence-corrected chi connectivity index (χ0v) is 8.62. The quantitative estimate of drug-likeness (QED) is 0.602. The summed E-state index contributed by atoms with van der Waals surface area (Å²) in [6.45, 7) is 0. The molecule has 4 nitrogen and oxygen atoms in total. The maximum atomic E-state index is 11.2. The van der Waals surface area contributed by atoms with Gasteiger partial charge in [-0.05, 0) is 12.1 Å². The molecule has 0 radical (unpaired) electrons. The molecule has 0 spiro atoms. The molecule has 0 bridgehead atoms. The van der Waals surface area contributed by atoms with Gasteiger partial charge < -0.3 is 0 Å². The number of nitrogens with one attached hydrogen (secondary N) is 1. The van der Waals surface area contributed by atoms with E-state index in [0.717, 1.165) is 0 Å². The molecule has 0 heterocycles. The van der Waals surface area contributed by atoms with Gasteiger partial charge in [-0.3, -0.25) is 5.84 Å². The molecule has 1 aromatic rings. The van der Waals surface area contributed by atoms with Crippen LogP contribution in [0.3, 0.4) is 0 Å². The summed E-state index contributed by atoms with van der Waals surface area (Å²) < 4.78 is 22.4. The van der Waals surface area contributed by atoms with Gasteiger partial charge >= 0.3 is 0 Å². The minimum Gasteiger partial charge on any atom is -0.257 e. The van der Waals surface area contributed by atoms with E-state index in [1.165, 1.54) is 18.2 Å². The third kappa shape index (κ3) is 2.12. The molecular weight excluding hydrogens is 235 g/mol. The molecule has 0 fully saturated rings. The second-order valence-corrected chi connectivity index (χ2v) is 4.64. The van der Waals surface area contributed by atoms with Crippen molar-refractivity contribution in [2.24, 2.45) is 5.84 Å². The summed E-state index contributed by atoms with van der Waals surface area (Å²) in [5.74, 6) is 4.82. The van der Waals surface area contributed by atoms with Crippen LogP contribution in [0.15, 0.2) is 23.1 Å². The highest BCUT2D eigenvalue weighted by Crippen LogP contribution is 2.28. The predicted molar refractivity (Wildman–Crippen MR) is 51.0 cm³/mol. The van der Waals surface area contributed by atoms with Crippen LogP contribution in [0.5, 0.6) is 0 Å². The van der Waals surface area contributed by atoms with Crippen molar-refractivity contribution in [2.75, 3.05) is 0 Å². The van der Waals surface area contributed by atoms with Gasteiger partial charge in [0.1, 0.15) is 4.90 Å². The Labute approximate surface area is 85.7 Å². The Balaban J connectivity index is 3.40. The lowest BCUT2D eigenvalue weighted by atomic mass is 10.4.